The van der Waals surface area contributed by atoms with Crippen molar-refractivity contribution >= 4 is 23.3 Å². The van der Waals surface area contributed by atoms with Crippen molar-refractivity contribution < 1.29 is 9.53 Å². The first-order valence-corrected chi connectivity index (χ1v) is 6.75. The van der Waals surface area contributed by atoms with Crippen LogP contribution in [0, 0.1) is 0 Å². The van der Waals surface area contributed by atoms with E-state index >= 15 is 0 Å². The van der Waals surface area contributed by atoms with Crippen LogP contribution in [0.2, 0.25) is 5.15 Å². The molecule has 1 aliphatic heterocycles. The maximum atomic E-state index is 12.2. The second kappa shape index (κ2) is 6.21. The number of anilines is 1. The van der Waals surface area contributed by atoms with Crippen LogP contribution in [-0.4, -0.2) is 36.7 Å². The summed E-state index contributed by atoms with van der Waals surface area (Å²) in [6, 6.07) is 3.21. The average Bonchev–Trinajstić information content (AvgIpc) is 2.91. The van der Waals surface area contributed by atoms with Gasteiger partial charge in [-0.15, -0.1) is 0 Å². The van der Waals surface area contributed by atoms with Gasteiger partial charge >= 0.3 is 0 Å². The monoisotopic (exact) mass is 283 g/mol. The Morgan fingerprint density at radius 1 is 1.58 bits per heavy atom. The maximum Gasteiger partial charge on any atom is 0.251 e. The minimum Gasteiger partial charge on any atom is -0.376 e. The Morgan fingerprint density at radius 2 is 2.37 bits per heavy atom. The van der Waals surface area contributed by atoms with E-state index in [1.54, 1.807) is 19.2 Å². The van der Waals surface area contributed by atoms with E-state index in [4.69, 9.17) is 16.3 Å². The summed E-state index contributed by atoms with van der Waals surface area (Å²) in [6.07, 6.45) is 2.14. The normalized spacial score (nSPS) is 20.1. The van der Waals surface area contributed by atoms with Gasteiger partial charge in [-0.05, 0) is 31.9 Å². The van der Waals surface area contributed by atoms with Gasteiger partial charge in [-0.1, -0.05) is 11.6 Å². The van der Waals surface area contributed by atoms with E-state index in [0.717, 1.165) is 19.4 Å². The van der Waals surface area contributed by atoms with Gasteiger partial charge in [0.15, 0.2) is 0 Å². The highest BCUT2D eigenvalue weighted by Gasteiger charge is 2.24. The van der Waals surface area contributed by atoms with Crippen LogP contribution >= 0.6 is 11.6 Å². The van der Waals surface area contributed by atoms with Gasteiger partial charge in [0.05, 0.1) is 12.1 Å². The molecule has 104 valence electrons. The lowest BCUT2D eigenvalue weighted by atomic mass is 10.1. The van der Waals surface area contributed by atoms with Crippen LogP contribution in [0.15, 0.2) is 12.1 Å². The van der Waals surface area contributed by atoms with E-state index < -0.39 is 0 Å². The number of nitrogens with zero attached hydrogens (tertiary/aromatic N) is 1. The topological polar surface area (TPSA) is 63.2 Å². The molecule has 1 aromatic heterocycles. The lowest BCUT2D eigenvalue weighted by Gasteiger charge is -2.20. The molecular formula is C13H18ClN3O2. The first kappa shape index (κ1) is 14.1. The molecule has 1 aromatic rings. The van der Waals surface area contributed by atoms with Crippen LogP contribution in [0.4, 0.5) is 5.82 Å². The Bertz CT molecular complexity index is 461. The second-order valence-corrected chi connectivity index (χ2v) is 5.01. The molecule has 5 nitrogen and oxygen atoms in total. The summed E-state index contributed by atoms with van der Waals surface area (Å²) in [6.45, 7) is 2.73. The van der Waals surface area contributed by atoms with Gasteiger partial charge in [-0.25, -0.2) is 4.98 Å². The molecule has 0 bridgehead atoms. The Balaban J connectivity index is 2.04. The Kier molecular flexibility index (Phi) is 4.61. The lowest BCUT2D eigenvalue weighted by molar-refractivity contribution is 0.0712. The number of hydrogen-bond donors (Lipinski definition) is 2. The highest BCUT2D eigenvalue weighted by molar-refractivity contribution is 6.29. The van der Waals surface area contributed by atoms with Gasteiger partial charge in [-0.3, -0.25) is 4.79 Å². The number of hydrogen-bond acceptors (Lipinski definition) is 4. The molecule has 19 heavy (non-hydrogen) atoms. The fourth-order valence-corrected chi connectivity index (χ4v) is 2.34. The first-order chi connectivity index (χ1) is 9.10. The molecular weight excluding hydrogens is 266 g/mol. The van der Waals surface area contributed by atoms with Gasteiger partial charge in [0, 0.05) is 19.2 Å². The zero-order valence-corrected chi connectivity index (χ0v) is 11.8. The lowest BCUT2D eigenvalue weighted by Crippen LogP contribution is -2.40. The summed E-state index contributed by atoms with van der Waals surface area (Å²) in [5.74, 6) is 0.409. The number of nitrogens with one attached hydrogen (secondary N) is 2. The van der Waals surface area contributed by atoms with E-state index in [9.17, 15) is 4.79 Å². The number of rotatable bonds is 4. The number of halogens is 1. The van der Waals surface area contributed by atoms with Gasteiger partial charge in [0.1, 0.15) is 11.0 Å². The summed E-state index contributed by atoms with van der Waals surface area (Å²) in [7, 11) is 1.73. The van der Waals surface area contributed by atoms with Crippen LogP contribution in [0.1, 0.15) is 30.1 Å². The zero-order chi connectivity index (χ0) is 13.8. The predicted molar refractivity (Wildman–Crippen MR) is 74.7 cm³/mol. The smallest absolute Gasteiger partial charge is 0.251 e. The van der Waals surface area contributed by atoms with Crippen LogP contribution in [-0.2, 0) is 4.74 Å². The molecule has 2 rings (SSSR count). The van der Waals surface area contributed by atoms with Gasteiger partial charge < -0.3 is 15.4 Å². The van der Waals surface area contributed by atoms with E-state index in [2.05, 4.69) is 15.6 Å². The highest BCUT2D eigenvalue weighted by atomic mass is 35.5. The van der Waals surface area contributed by atoms with Gasteiger partial charge in [0.2, 0.25) is 0 Å². The molecule has 0 aromatic carbocycles. The summed E-state index contributed by atoms with van der Waals surface area (Å²) < 4.78 is 5.55. The Labute approximate surface area is 117 Å². The fraction of sp³-hybridized carbons (Fsp3) is 0.538. The van der Waals surface area contributed by atoms with Crippen molar-refractivity contribution in [3.63, 3.8) is 0 Å². The standard InChI is InChI=1S/C13H18ClN3O2/c1-8(10-4-3-5-19-10)16-13(18)9-6-11(14)17-12(7-9)15-2/h6-8,10H,3-5H2,1-2H3,(H,15,17)(H,16,18). The number of ether oxygens (including phenoxy) is 1. The number of aromatic nitrogens is 1. The molecule has 2 atom stereocenters. The van der Waals surface area contributed by atoms with Crippen molar-refractivity contribution in [3.8, 4) is 0 Å². The van der Waals surface area contributed by atoms with E-state index in [-0.39, 0.29) is 18.1 Å². The molecule has 0 saturated carbocycles. The summed E-state index contributed by atoms with van der Waals surface area (Å²) in [5.41, 5.74) is 0.495. The first-order valence-electron chi connectivity index (χ1n) is 6.38. The summed E-state index contributed by atoms with van der Waals surface area (Å²) in [5, 5.41) is 6.10. The fourth-order valence-electron chi connectivity index (χ4n) is 2.14. The number of carbonyl (C=O) groups excluding carboxylic acids is 1. The minimum absolute atomic E-state index is 0.0139. The largest absolute Gasteiger partial charge is 0.376 e. The van der Waals surface area contributed by atoms with Crippen molar-refractivity contribution in [2.45, 2.75) is 31.9 Å². The van der Waals surface area contributed by atoms with E-state index in [1.165, 1.54) is 0 Å². The quantitative estimate of drug-likeness (QED) is 0.831. The molecule has 1 fully saturated rings. The number of carbonyl (C=O) groups is 1. The van der Waals surface area contributed by atoms with Gasteiger partial charge in [0.25, 0.3) is 5.91 Å². The average molecular weight is 284 g/mol. The van der Waals surface area contributed by atoms with Gasteiger partial charge in [-0.2, -0.15) is 0 Å². The van der Waals surface area contributed by atoms with Crippen LogP contribution in [0.3, 0.4) is 0 Å². The number of amides is 1. The van der Waals surface area contributed by atoms with Crippen LogP contribution in [0.5, 0.6) is 0 Å². The van der Waals surface area contributed by atoms with Crippen molar-refractivity contribution in [1.82, 2.24) is 10.3 Å². The van der Waals surface area contributed by atoms with Crippen molar-refractivity contribution in [2.75, 3.05) is 19.0 Å². The van der Waals surface area contributed by atoms with E-state index in [0.29, 0.717) is 16.5 Å². The predicted octanol–water partition coefficient (Wildman–Crippen LogP) is 2.07. The van der Waals surface area contributed by atoms with Crippen molar-refractivity contribution in [2.24, 2.45) is 0 Å². The second-order valence-electron chi connectivity index (χ2n) is 4.63. The maximum absolute atomic E-state index is 12.2. The third kappa shape index (κ3) is 3.58. The Hall–Kier alpha value is -1.33. The van der Waals surface area contributed by atoms with E-state index in [1.807, 2.05) is 6.92 Å². The van der Waals surface area contributed by atoms with Crippen molar-refractivity contribution in [3.05, 3.63) is 22.8 Å². The van der Waals surface area contributed by atoms with Crippen molar-refractivity contribution in [1.29, 1.82) is 0 Å². The summed E-state index contributed by atoms with van der Waals surface area (Å²) in [4.78, 5) is 16.2. The highest BCUT2D eigenvalue weighted by Crippen LogP contribution is 2.17. The third-order valence-corrected chi connectivity index (χ3v) is 3.39. The third-order valence-electron chi connectivity index (χ3n) is 3.19. The molecule has 2 heterocycles. The molecule has 2 N–H and O–H groups in total. The molecule has 6 heteroatoms. The molecule has 0 spiro atoms. The molecule has 1 amide bonds. The summed E-state index contributed by atoms with van der Waals surface area (Å²) >= 11 is 5.88. The van der Waals surface area contributed by atoms with Crippen LogP contribution < -0.4 is 10.6 Å². The number of pyridine rings is 1. The zero-order valence-electron chi connectivity index (χ0n) is 11.1. The SMILES string of the molecule is CNc1cc(C(=O)NC(C)C2CCCO2)cc(Cl)n1. The minimum atomic E-state index is -0.163. The van der Waals surface area contributed by atoms with Crippen LogP contribution in [0.25, 0.3) is 0 Å². The molecule has 0 radical (unpaired) electrons. The molecule has 1 saturated heterocycles. The molecule has 2 unspecified atom stereocenters. The molecule has 1 aliphatic rings. The molecule has 0 aliphatic carbocycles. The Morgan fingerprint density at radius 3 is 3.00 bits per heavy atom.